The summed E-state index contributed by atoms with van der Waals surface area (Å²) in [4.78, 5) is 61.6. The summed E-state index contributed by atoms with van der Waals surface area (Å²) in [6.07, 6.45) is 5.81. The van der Waals surface area contributed by atoms with E-state index in [0.29, 0.717) is 42.7 Å². The Hall–Kier alpha value is -3.29. The standard InChI is InChI=1S/C29H51N13O7P2/c1-20(14-41-16-34-24-22(41)13-23(30)38-27(24)43)48-18-50(45)36-11-5-9-32-7-3-4-8-33-10-6-12-37-51(46,47)19-49-21(2)15-42-17-35-25-26(42)39-29(31)40-28(25)44/h13,16-17,20-21,32-33,36,45H,3-12,14-15,18-19H2,1-2H3,(H3,30,38,43)(H2,37,46,47)(H3,31,39,40,44). The van der Waals surface area contributed by atoms with Crippen LogP contribution in [-0.4, -0.2) is 108 Å². The first-order chi connectivity index (χ1) is 24.4. The van der Waals surface area contributed by atoms with E-state index in [-0.39, 0.29) is 48.2 Å². The summed E-state index contributed by atoms with van der Waals surface area (Å²) in [5, 5.41) is 12.6. The van der Waals surface area contributed by atoms with Crippen LogP contribution in [0, 0.1) is 0 Å². The van der Waals surface area contributed by atoms with Crippen LogP contribution in [-0.2, 0) is 27.1 Å². The number of hydrogen-bond donors (Lipinski definition) is 10. The minimum absolute atomic E-state index is 0.0186. The maximum Gasteiger partial charge on any atom is 0.292 e. The first kappa shape index (κ1) is 40.5. The number of unbranched alkanes of at least 4 members (excludes halogenated alkanes) is 1. The van der Waals surface area contributed by atoms with Gasteiger partial charge in [-0.2, -0.15) is 4.98 Å². The Labute approximate surface area is 295 Å². The van der Waals surface area contributed by atoms with Gasteiger partial charge in [0.25, 0.3) is 18.6 Å². The lowest BCUT2D eigenvalue weighted by Crippen LogP contribution is -2.25. The fourth-order valence-electron chi connectivity index (χ4n) is 5.16. The van der Waals surface area contributed by atoms with Gasteiger partial charge in [-0.15, -0.1) is 0 Å². The number of H-pyrrole nitrogens is 2. The third-order valence-electron chi connectivity index (χ3n) is 7.73. The fraction of sp³-hybridized carbons (Fsp3) is 0.621. The molecule has 4 rings (SSSR count). The SMILES string of the molecule is CC(Cn1cnc2c(=O)[nH]c(N)cc21)OCP(O)NCCCNCCCCNCCCNP(=O)(O)COC(C)Cn1cnc2c(=O)[nH]c(N)nc21. The van der Waals surface area contributed by atoms with Crippen molar-refractivity contribution in [2.75, 3.05) is 63.4 Å². The lowest BCUT2D eigenvalue weighted by atomic mass is 10.3. The van der Waals surface area contributed by atoms with E-state index in [9.17, 15) is 23.9 Å². The molecule has 0 radical (unpaired) electrons. The number of hydrogen-bond acceptors (Lipinski definition) is 14. The van der Waals surface area contributed by atoms with E-state index >= 15 is 0 Å². The van der Waals surface area contributed by atoms with Gasteiger partial charge in [-0.25, -0.2) is 15.1 Å². The highest BCUT2D eigenvalue weighted by atomic mass is 31.2. The first-order valence-corrected chi connectivity index (χ1v) is 20.2. The summed E-state index contributed by atoms with van der Waals surface area (Å²) in [6.45, 7) is 8.74. The molecule has 20 nitrogen and oxygen atoms in total. The molecule has 4 heterocycles. The number of nitrogens with zero attached hydrogens (tertiary/aromatic N) is 5. The largest absolute Gasteiger partial charge is 0.385 e. The van der Waals surface area contributed by atoms with Crippen molar-refractivity contribution in [3.8, 4) is 0 Å². The van der Waals surface area contributed by atoms with Gasteiger partial charge < -0.3 is 55.5 Å². The van der Waals surface area contributed by atoms with Crippen molar-refractivity contribution in [1.82, 2.24) is 54.9 Å². The van der Waals surface area contributed by atoms with Crippen molar-refractivity contribution in [1.29, 1.82) is 0 Å². The maximum absolute atomic E-state index is 12.5. The number of aromatic amines is 2. The van der Waals surface area contributed by atoms with E-state index in [1.807, 2.05) is 11.5 Å². The minimum atomic E-state index is -3.68. The van der Waals surface area contributed by atoms with Gasteiger partial charge in [0.1, 0.15) is 26.8 Å². The Morgan fingerprint density at radius 3 is 2.24 bits per heavy atom. The molecule has 0 aliphatic carbocycles. The predicted molar refractivity (Wildman–Crippen MR) is 197 cm³/mol. The number of nitrogens with one attached hydrogen (secondary N) is 6. The van der Waals surface area contributed by atoms with Crippen molar-refractivity contribution in [3.63, 3.8) is 0 Å². The molecule has 0 fully saturated rings. The van der Waals surface area contributed by atoms with Crippen molar-refractivity contribution >= 4 is 49.8 Å². The molecule has 0 aromatic carbocycles. The number of nitrogen functional groups attached to an aromatic ring is 2. The van der Waals surface area contributed by atoms with Crippen LogP contribution >= 0.6 is 15.8 Å². The smallest absolute Gasteiger partial charge is 0.292 e. The quantitative estimate of drug-likeness (QED) is 0.0318. The minimum Gasteiger partial charge on any atom is -0.385 e. The molecular weight excluding hydrogens is 704 g/mol. The second-order valence-corrected chi connectivity index (χ2v) is 15.6. The molecule has 4 aromatic rings. The Kier molecular flexibility index (Phi) is 15.9. The molecular formula is C29H51N13O7P2. The average Bonchev–Trinajstić information content (AvgIpc) is 3.67. The number of anilines is 2. The maximum atomic E-state index is 12.5. The zero-order valence-electron chi connectivity index (χ0n) is 29.0. The van der Waals surface area contributed by atoms with Crippen molar-refractivity contribution in [3.05, 3.63) is 39.4 Å². The number of imidazole rings is 2. The van der Waals surface area contributed by atoms with Crippen LogP contribution in [0.1, 0.15) is 39.5 Å². The van der Waals surface area contributed by atoms with Gasteiger partial charge in [0.2, 0.25) is 5.95 Å². The molecule has 0 aliphatic rings. The van der Waals surface area contributed by atoms with Gasteiger partial charge in [-0.1, -0.05) is 0 Å². The molecule has 51 heavy (non-hydrogen) atoms. The molecule has 22 heteroatoms. The second kappa shape index (κ2) is 20.1. The van der Waals surface area contributed by atoms with Gasteiger partial charge in [-0.05, 0) is 65.7 Å². The summed E-state index contributed by atoms with van der Waals surface area (Å²) >= 11 is 0. The lowest BCUT2D eigenvalue weighted by molar-refractivity contribution is 0.0816. The van der Waals surface area contributed by atoms with Gasteiger partial charge in [0.05, 0.1) is 43.5 Å². The van der Waals surface area contributed by atoms with E-state index in [1.54, 1.807) is 23.9 Å². The van der Waals surface area contributed by atoms with Gasteiger partial charge in [0, 0.05) is 19.2 Å². The van der Waals surface area contributed by atoms with Crippen molar-refractivity contribution in [2.45, 2.75) is 64.8 Å². The molecule has 4 aromatic heterocycles. The Morgan fingerprint density at radius 1 is 0.882 bits per heavy atom. The highest BCUT2D eigenvalue weighted by molar-refractivity contribution is 7.55. The molecule has 0 aliphatic heterocycles. The van der Waals surface area contributed by atoms with Crippen molar-refractivity contribution < 1.29 is 23.8 Å². The van der Waals surface area contributed by atoms with Gasteiger partial charge in [0.15, 0.2) is 16.7 Å². The molecule has 4 atom stereocenters. The number of rotatable bonds is 25. The molecule has 284 valence electrons. The Morgan fingerprint density at radius 2 is 1.49 bits per heavy atom. The molecule has 0 saturated heterocycles. The van der Waals surface area contributed by atoms with Crippen LogP contribution in [0.4, 0.5) is 11.8 Å². The van der Waals surface area contributed by atoms with Crippen LogP contribution in [0.2, 0.25) is 0 Å². The average molecular weight is 756 g/mol. The summed E-state index contributed by atoms with van der Waals surface area (Å²) in [5.41, 5.74) is 12.1. The Bertz CT molecular complexity index is 1830. The number of fused-ring (bicyclic) bond motifs is 2. The predicted octanol–water partition coefficient (Wildman–Crippen LogP) is 0.156. The van der Waals surface area contributed by atoms with E-state index in [2.05, 4.69) is 45.7 Å². The summed E-state index contributed by atoms with van der Waals surface area (Å²) < 4.78 is 27.3. The van der Waals surface area contributed by atoms with E-state index < -0.39 is 27.5 Å². The molecule has 0 amide bonds. The molecule has 0 saturated carbocycles. The number of pyridine rings is 1. The zero-order chi connectivity index (χ0) is 36.8. The van der Waals surface area contributed by atoms with Crippen LogP contribution < -0.4 is 43.4 Å². The second-order valence-electron chi connectivity index (χ2n) is 12.2. The highest BCUT2D eigenvalue weighted by Gasteiger charge is 2.20. The summed E-state index contributed by atoms with van der Waals surface area (Å²) in [5.74, 6) is 0.254. The topological polar surface area (TPSA) is 290 Å². The monoisotopic (exact) mass is 755 g/mol. The molecule has 0 spiro atoms. The van der Waals surface area contributed by atoms with Crippen LogP contribution in [0.3, 0.4) is 0 Å². The number of nitrogens with two attached hydrogens (primary N) is 2. The zero-order valence-corrected chi connectivity index (χ0v) is 30.8. The molecule has 0 bridgehead atoms. The van der Waals surface area contributed by atoms with Crippen molar-refractivity contribution in [2.24, 2.45) is 0 Å². The summed E-state index contributed by atoms with van der Waals surface area (Å²) in [7, 11) is -5.13. The first-order valence-electron chi connectivity index (χ1n) is 16.9. The van der Waals surface area contributed by atoms with Crippen LogP contribution in [0.15, 0.2) is 28.3 Å². The third kappa shape index (κ3) is 13.3. The summed E-state index contributed by atoms with van der Waals surface area (Å²) in [6, 6.07) is 1.67. The third-order valence-corrected chi connectivity index (χ3v) is 9.93. The molecule has 4 unspecified atom stereocenters. The normalized spacial score (nSPS) is 15.0. The van der Waals surface area contributed by atoms with Gasteiger partial charge in [-0.3, -0.25) is 24.2 Å². The lowest BCUT2D eigenvalue weighted by Gasteiger charge is -2.18. The number of aromatic nitrogens is 7. The Balaban J connectivity index is 0.932. The van der Waals surface area contributed by atoms with Gasteiger partial charge >= 0.3 is 0 Å². The fourth-order valence-corrected chi connectivity index (χ4v) is 7.12. The van der Waals surface area contributed by atoms with Crippen LogP contribution in [0.5, 0.6) is 0 Å². The van der Waals surface area contributed by atoms with E-state index in [1.165, 1.54) is 6.33 Å². The highest BCUT2D eigenvalue weighted by Crippen LogP contribution is 2.35. The van der Waals surface area contributed by atoms with E-state index in [4.69, 9.17) is 20.9 Å². The van der Waals surface area contributed by atoms with Crippen LogP contribution in [0.25, 0.3) is 22.2 Å². The molecule has 12 N–H and O–H groups in total. The van der Waals surface area contributed by atoms with E-state index in [0.717, 1.165) is 45.4 Å². The number of ether oxygens (including phenoxy) is 2.